The summed E-state index contributed by atoms with van der Waals surface area (Å²) in [5.41, 5.74) is 0. The fourth-order valence-corrected chi connectivity index (χ4v) is 3.14. The second kappa shape index (κ2) is 6.73. The molecular formula is C15H23NO3. The molecular weight excluding hydrogens is 242 g/mol. The molecule has 1 atom stereocenters. The van der Waals surface area contributed by atoms with Gasteiger partial charge in [0.15, 0.2) is 0 Å². The zero-order chi connectivity index (χ0) is 13.7. The first-order valence-electron chi connectivity index (χ1n) is 7.31. The van der Waals surface area contributed by atoms with Crippen LogP contribution in [0.4, 0.5) is 4.79 Å². The molecule has 1 aliphatic carbocycles. The van der Waals surface area contributed by atoms with E-state index in [-0.39, 0.29) is 11.8 Å². The number of allylic oxidation sites excluding steroid dienone is 1. The van der Waals surface area contributed by atoms with Crippen molar-refractivity contribution >= 4 is 12.0 Å². The number of cyclic esters (lactones) is 1. The quantitative estimate of drug-likeness (QED) is 0.717. The molecule has 1 aliphatic heterocycles. The highest BCUT2D eigenvalue weighted by Crippen LogP contribution is 2.31. The predicted molar refractivity (Wildman–Crippen MR) is 72.6 cm³/mol. The van der Waals surface area contributed by atoms with Crippen LogP contribution in [0.15, 0.2) is 12.7 Å². The summed E-state index contributed by atoms with van der Waals surface area (Å²) >= 11 is 0. The van der Waals surface area contributed by atoms with Gasteiger partial charge in [-0.05, 0) is 18.8 Å². The smallest absolute Gasteiger partial charge is 0.416 e. The van der Waals surface area contributed by atoms with E-state index in [1.54, 1.807) is 6.08 Å². The van der Waals surface area contributed by atoms with Crippen molar-refractivity contribution in [1.29, 1.82) is 0 Å². The van der Waals surface area contributed by atoms with E-state index in [1.165, 1.54) is 37.0 Å². The number of ether oxygens (including phenoxy) is 1. The summed E-state index contributed by atoms with van der Waals surface area (Å²) in [6, 6.07) is 0. The van der Waals surface area contributed by atoms with Crippen LogP contribution in [0, 0.1) is 11.8 Å². The van der Waals surface area contributed by atoms with Gasteiger partial charge in [-0.2, -0.15) is 0 Å². The molecule has 0 radical (unpaired) electrons. The zero-order valence-corrected chi connectivity index (χ0v) is 11.5. The molecule has 2 aliphatic rings. The van der Waals surface area contributed by atoms with Gasteiger partial charge in [0.1, 0.15) is 6.61 Å². The highest BCUT2D eigenvalue weighted by Gasteiger charge is 2.34. The number of hydrogen-bond donors (Lipinski definition) is 0. The molecule has 0 N–H and O–H groups in total. The van der Waals surface area contributed by atoms with E-state index >= 15 is 0 Å². The molecule has 0 unspecified atom stereocenters. The van der Waals surface area contributed by atoms with Crippen LogP contribution in [-0.2, 0) is 9.53 Å². The lowest BCUT2D eigenvalue weighted by molar-refractivity contribution is -0.132. The molecule has 19 heavy (non-hydrogen) atoms. The van der Waals surface area contributed by atoms with Gasteiger partial charge >= 0.3 is 6.09 Å². The van der Waals surface area contributed by atoms with Crippen molar-refractivity contribution in [3.63, 3.8) is 0 Å². The minimum atomic E-state index is -0.484. The number of imide groups is 1. The average Bonchev–Trinajstić information content (AvgIpc) is 2.85. The second-order valence-electron chi connectivity index (χ2n) is 5.57. The summed E-state index contributed by atoms with van der Waals surface area (Å²) < 4.78 is 4.85. The second-order valence-corrected chi connectivity index (χ2v) is 5.57. The van der Waals surface area contributed by atoms with E-state index < -0.39 is 6.09 Å². The molecule has 0 spiro atoms. The van der Waals surface area contributed by atoms with Gasteiger partial charge in [0.25, 0.3) is 0 Å². The van der Waals surface area contributed by atoms with Crippen LogP contribution in [0.5, 0.6) is 0 Å². The maximum absolute atomic E-state index is 12.4. The van der Waals surface area contributed by atoms with Crippen LogP contribution in [0.1, 0.15) is 44.9 Å². The lowest BCUT2D eigenvalue weighted by atomic mass is 9.81. The molecule has 0 bridgehead atoms. The topological polar surface area (TPSA) is 46.6 Å². The van der Waals surface area contributed by atoms with Crippen LogP contribution < -0.4 is 0 Å². The maximum Gasteiger partial charge on any atom is 0.416 e. The van der Waals surface area contributed by atoms with Gasteiger partial charge < -0.3 is 4.74 Å². The van der Waals surface area contributed by atoms with Gasteiger partial charge in [-0.3, -0.25) is 4.79 Å². The van der Waals surface area contributed by atoms with E-state index in [0.29, 0.717) is 25.5 Å². The van der Waals surface area contributed by atoms with Crippen molar-refractivity contribution in [2.24, 2.45) is 11.8 Å². The average molecular weight is 265 g/mol. The first-order chi connectivity index (χ1) is 9.22. The minimum Gasteiger partial charge on any atom is -0.447 e. The van der Waals surface area contributed by atoms with Gasteiger partial charge in [-0.1, -0.05) is 38.2 Å². The monoisotopic (exact) mass is 265 g/mol. The number of hydrogen-bond acceptors (Lipinski definition) is 3. The molecule has 0 aromatic rings. The Kier molecular flexibility index (Phi) is 5.00. The molecule has 1 saturated carbocycles. The van der Waals surface area contributed by atoms with Gasteiger partial charge in [0, 0.05) is 5.92 Å². The SMILES string of the molecule is C=CC[C@H](CC1CCCCC1)C(=O)N1CCOC1=O. The van der Waals surface area contributed by atoms with Crippen LogP contribution in [-0.4, -0.2) is 30.1 Å². The molecule has 0 aromatic carbocycles. The van der Waals surface area contributed by atoms with Gasteiger partial charge in [-0.15, -0.1) is 6.58 Å². The Bertz CT molecular complexity index is 347. The minimum absolute atomic E-state index is 0.0760. The van der Waals surface area contributed by atoms with Crippen LogP contribution in [0.25, 0.3) is 0 Å². The predicted octanol–water partition coefficient (Wildman–Crippen LogP) is 3.13. The third kappa shape index (κ3) is 3.58. The van der Waals surface area contributed by atoms with Crippen molar-refractivity contribution in [2.45, 2.75) is 44.9 Å². The fraction of sp³-hybridized carbons (Fsp3) is 0.733. The largest absolute Gasteiger partial charge is 0.447 e. The fourth-order valence-electron chi connectivity index (χ4n) is 3.14. The van der Waals surface area contributed by atoms with E-state index in [2.05, 4.69) is 6.58 Å². The zero-order valence-electron chi connectivity index (χ0n) is 11.5. The molecule has 0 aromatic heterocycles. The Hall–Kier alpha value is -1.32. The van der Waals surface area contributed by atoms with Crippen molar-refractivity contribution < 1.29 is 14.3 Å². The third-order valence-corrected chi connectivity index (χ3v) is 4.17. The van der Waals surface area contributed by atoms with Crippen molar-refractivity contribution in [1.82, 2.24) is 4.90 Å². The number of nitrogens with zero attached hydrogens (tertiary/aromatic N) is 1. The highest BCUT2D eigenvalue weighted by molar-refractivity contribution is 5.94. The van der Waals surface area contributed by atoms with Crippen LogP contribution in [0.3, 0.4) is 0 Å². The number of carbonyl (C=O) groups is 2. The van der Waals surface area contributed by atoms with Crippen molar-refractivity contribution in [2.75, 3.05) is 13.2 Å². The molecule has 2 amide bonds. The number of amides is 2. The van der Waals surface area contributed by atoms with Gasteiger partial charge in [0.05, 0.1) is 6.54 Å². The summed E-state index contributed by atoms with van der Waals surface area (Å²) in [6.45, 7) is 4.46. The molecule has 2 fully saturated rings. The Labute approximate surface area is 114 Å². The van der Waals surface area contributed by atoms with E-state index in [9.17, 15) is 9.59 Å². The summed E-state index contributed by atoms with van der Waals surface area (Å²) in [5, 5.41) is 0. The molecule has 1 heterocycles. The lowest BCUT2D eigenvalue weighted by Gasteiger charge is -2.26. The molecule has 4 heteroatoms. The summed E-state index contributed by atoms with van der Waals surface area (Å²) in [4.78, 5) is 25.1. The van der Waals surface area contributed by atoms with Crippen molar-refractivity contribution in [3.05, 3.63) is 12.7 Å². The van der Waals surface area contributed by atoms with E-state index in [1.807, 2.05) is 0 Å². The standard InChI is InChI=1S/C15H23NO3/c1-2-6-13(11-12-7-4-3-5-8-12)14(17)16-9-10-19-15(16)18/h2,12-13H,1,3-11H2/t13-/m1/s1. The highest BCUT2D eigenvalue weighted by atomic mass is 16.6. The summed E-state index contributed by atoms with van der Waals surface area (Å²) in [5.74, 6) is 0.445. The summed E-state index contributed by atoms with van der Waals surface area (Å²) in [7, 11) is 0. The Morgan fingerprint density at radius 1 is 1.42 bits per heavy atom. The van der Waals surface area contributed by atoms with Crippen molar-refractivity contribution in [3.8, 4) is 0 Å². The number of carbonyl (C=O) groups excluding carboxylic acids is 2. The Balaban J connectivity index is 1.95. The first-order valence-corrected chi connectivity index (χ1v) is 7.31. The molecule has 2 rings (SSSR count). The van der Waals surface area contributed by atoms with E-state index in [0.717, 1.165) is 6.42 Å². The maximum atomic E-state index is 12.4. The van der Waals surface area contributed by atoms with E-state index in [4.69, 9.17) is 4.74 Å². The van der Waals surface area contributed by atoms with Crippen LogP contribution in [0.2, 0.25) is 0 Å². The molecule has 106 valence electrons. The third-order valence-electron chi connectivity index (χ3n) is 4.17. The first kappa shape index (κ1) is 14.1. The van der Waals surface area contributed by atoms with Crippen LogP contribution >= 0.6 is 0 Å². The van der Waals surface area contributed by atoms with Gasteiger partial charge in [0.2, 0.25) is 5.91 Å². The molecule has 4 nitrogen and oxygen atoms in total. The summed E-state index contributed by atoms with van der Waals surface area (Å²) in [6.07, 6.45) is 9.12. The number of rotatable bonds is 5. The Morgan fingerprint density at radius 2 is 2.16 bits per heavy atom. The Morgan fingerprint density at radius 3 is 2.74 bits per heavy atom. The molecule has 1 saturated heterocycles. The lowest BCUT2D eigenvalue weighted by Crippen LogP contribution is -2.37. The van der Waals surface area contributed by atoms with Gasteiger partial charge in [-0.25, -0.2) is 9.69 Å². The normalized spacial score (nSPS) is 22.1.